The van der Waals surface area contributed by atoms with Crippen LogP contribution in [0, 0.1) is 43.4 Å². The van der Waals surface area contributed by atoms with E-state index < -0.39 is 0 Å². The van der Waals surface area contributed by atoms with Crippen LogP contribution in [0.2, 0.25) is 0 Å². The Labute approximate surface area is 242 Å². The van der Waals surface area contributed by atoms with E-state index in [2.05, 4.69) is 52.2 Å². The number of aryl methyl sites for hydroxylation is 5. The van der Waals surface area contributed by atoms with Crippen molar-refractivity contribution in [1.29, 1.82) is 10.5 Å². The average Bonchev–Trinajstić information content (AvgIpc) is 3.51. The van der Waals surface area contributed by atoms with Crippen LogP contribution in [0.15, 0.2) is 38.7 Å². The van der Waals surface area contributed by atoms with Gasteiger partial charge in [0.25, 0.3) is 0 Å². The van der Waals surface area contributed by atoms with E-state index in [4.69, 9.17) is 11.0 Å². The number of anilines is 3. The zero-order chi connectivity index (χ0) is 31.1. The number of H-pyrrole nitrogens is 1. The monoisotopic (exact) mass is 569 g/mol. The van der Waals surface area contributed by atoms with Gasteiger partial charge in [0.1, 0.15) is 34.8 Å². The van der Waals surface area contributed by atoms with Crippen molar-refractivity contribution < 1.29 is 4.79 Å². The largest absolute Gasteiger partial charge is 0.382 e. The number of nitriles is 2. The SMILES string of the molecule is CC(=O)Nc1cc(N(C)C)ccc1N=Nc1c(C#N)c(C)nn1C.Cc1nn(C)c(N)c1N=Nc1n[nH]c(C)c1C#N. The Kier molecular flexibility index (Phi) is 9.46. The van der Waals surface area contributed by atoms with Crippen molar-refractivity contribution in [3.63, 3.8) is 0 Å². The second kappa shape index (κ2) is 13.0. The summed E-state index contributed by atoms with van der Waals surface area (Å²) in [6.07, 6.45) is 0. The first-order valence-corrected chi connectivity index (χ1v) is 12.5. The fourth-order valence-electron chi connectivity index (χ4n) is 3.68. The summed E-state index contributed by atoms with van der Waals surface area (Å²) >= 11 is 0. The highest BCUT2D eigenvalue weighted by atomic mass is 16.1. The van der Waals surface area contributed by atoms with Crippen LogP contribution in [-0.4, -0.2) is 49.8 Å². The lowest BCUT2D eigenvalue weighted by Crippen LogP contribution is -2.10. The van der Waals surface area contributed by atoms with Gasteiger partial charge in [0, 0.05) is 40.8 Å². The number of amides is 1. The number of nitrogens with one attached hydrogen (secondary N) is 2. The standard InChI is InChI=1S/C16H19N7O.C10H12N8/c1-10-13(9-17)16(23(5)21-10)20-19-14-7-6-12(22(3)4)8-15(14)18-11(2)24;1-5-7(4-11)10(15-13-5)16-14-8-6(2)17-18(3)9(8)12/h6-8H,1-5H3,(H,18,24);12H2,1-3H3,(H,13,15). The van der Waals surface area contributed by atoms with Gasteiger partial charge in [-0.25, -0.2) is 4.68 Å². The molecule has 0 aliphatic rings. The summed E-state index contributed by atoms with van der Waals surface area (Å²) in [6.45, 7) is 6.70. The highest BCUT2D eigenvalue weighted by Crippen LogP contribution is 2.32. The summed E-state index contributed by atoms with van der Waals surface area (Å²) in [4.78, 5) is 13.3. The molecule has 0 bridgehead atoms. The van der Waals surface area contributed by atoms with Crippen LogP contribution in [0.1, 0.15) is 35.1 Å². The molecule has 0 atom stereocenters. The Bertz CT molecular complexity index is 1750. The fraction of sp³-hybridized carbons (Fsp3) is 0.308. The van der Waals surface area contributed by atoms with Crippen molar-refractivity contribution in [2.75, 3.05) is 30.0 Å². The Morgan fingerprint density at radius 3 is 2.24 bits per heavy atom. The molecule has 0 saturated heterocycles. The summed E-state index contributed by atoms with van der Waals surface area (Å²) < 4.78 is 3.02. The first-order valence-electron chi connectivity index (χ1n) is 12.5. The van der Waals surface area contributed by atoms with E-state index in [0.29, 0.717) is 56.9 Å². The van der Waals surface area contributed by atoms with E-state index in [0.717, 1.165) is 5.69 Å². The highest BCUT2D eigenvalue weighted by molar-refractivity contribution is 5.93. The lowest BCUT2D eigenvalue weighted by atomic mass is 10.2. The molecule has 4 N–H and O–H groups in total. The molecule has 16 nitrogen and oxygen atoms in total. The van der Waals surface area contributed by atoms with Crippen molar-refractivity contribution in [2.24, 2.45) is 34.6 Å². The number of carbonyl (C=O) groups is 1. The van der Waals surface area contributed by atoms with E-state index in [1.54, 1.807) is 40.9 Å². The molecule has 16 heteroatoms. The maximum absolute atomic E-state index is 11.4. The van der Waals surface area contributed by atoms with Gasteiger partial charge in [-0.1, -0.05) is 0 Å². The summed E-state index contributed by atoms with van der Waals surface area (Å²) in [5, 5.41) is 52.0. The van der Waals surface area contributed by atoms with Crippen molar-refractivity contribution >= 4 is 46.1 Å². The molecule has 0 saturated carbocycles. The minimum Gasteiger partial charge on any atom is -0.382 e. The van der Waals surface area contributed by atoms with Gasteiger partial charge in [0.05, 0.1) is 22.8 Å². The Balaban J connectivity index is 0.000000240. The minimum absolute atomic E-state index is 0.198. The van der Waals surface area contributed by atoms with Gasteiger partial charge in [-0.3, -0.25) is 14.6 Å². The van der Waals surface area contributed by atoms with Gasteiger partial charge in [-0.05, 0) is 39.0 Å². The summed E-state index contributed by atoms with van der Waals surface area (Å²) in [5.74, 6) is 0.844. The Hall–Kier alpha value is -5.90. The van der Waals surface area contributed by atoms with E-state index in [-0.39, 0.29) is 11.7 Å². The maximum atomic E-state index is 11.4. The zero-order valence-corrected chi connectivity index (χ0v) is 24.6. The third kappa shape index (κ3) is 6.80. The maximum Gasteiger partial charge on any atom is 0.221 e. The smallest absolute Gasteiger partial charge is 0.221 e. The summed E-state index contributed by atoms with van der Waals surface area (Å²) in [6, 6.07) is 9.55. The molecular weight excluding hydrogens is 538 g/mol. The van der Waals surface area contributed by atoms with Crippen LogP contribution in [0.5, 0.6) is 0 Å². The number of benzene rings is 1. The second-order valence-corrected chi connectivity index (χ2v) is 9.30. The van der Waals surface area contributed by atoms with Crippen LogP contribution in [-0.2, 0) is 18.9 Å². The van der Waals surface area contributed by atoms with E-state index in [1.807, 2.05) is 37.2 Å². The number of hydrogen-bond donors (Lipinski definition) is 3. The molecule has 4 rings (SSSR count). The predicted molar refractivity (Wildman–Crippen MR) is 156 cm³/mol. The first kappa shape index (κ1) is 30.6. The summed E-state index contributed by atoms with van der Waals surface area (Å²) in [7, 11) is 7.24. The molecule has 1 amide bonds. The molecular formula is C26H31N15O. The molecule has 3 aromatic heterocycles. The van der Waals surface area contributed by atoms with Crippen molar-refractivity contribution in [1.82, 2.24) is 29.8 Å². The third-order valence-electron chi connectivity index (χ3n) is 5.88. The van der Waals surface area contributed by atoms with Crippen molar-refractivity contribution in [2.45, 2.75) is 27.7 Å². The van der Waals surface area contributed by atoms with E-state index >= 15 is 0 Å². The molecule has 0 unspecified atom stereocenters. The van der Waals surface area contributed by atoms with Gasteiger partial charge in [0.2, 0.25) is 11.7 Å². The van der Waals surface area contributed by atoms with Gasteiger partial charge >= 0.3 is 0 Å². The molecule has 0 radical (unpaired) electrons. The number of nitrogens with two attached hydrogens (primary N) is 1. The van der Waals surface area contributed by atoms with Crippen LogP contribution < -0.4 is 16.0 Å². The Morgan fingerprint density at radius 2 is 1.67 bits per heavy atom. The highest BCUT2D eigenvalue weighted by Gasteiger charge is 2.14. The average molecular weight is 570 g/mol. The number of aromatic amines is 1. The quantitative estimate of drug-likeness (QED) is 0.276. The van der Waals surface area contributed by atoms with Crippen molar-refractivity contribution in [3.05, 3.63) is 46.4 Å². The number of aromatic nitrogens is 6. The van der Waals surface area contributed by atoms with E-state index in [1.165, 1.54) is 16.3 Å². The number of nitrogen functional groups attached to an aromatic ring is 1. The van der Waals surface area contributed by atoms with Crippen LogP contribution in [0.4, 0.5) is 40.2 Å². The molecule has 0 aliphatic heterocycles. The lowest BCUT2D eigenvalue weighted by Gasteiger charge is -2.15. The first-order chi connectivity index (χ1) is 19.9. The summed E-state index contributed by atoms with van der Waals surface area (Å²) in [5.41, 5.74) is 10.9. The molecule has 216 valence electrons. The fourth-order valence-corrected chi connectivity index (χ4v) is 3.68. The predicted octanol–water partition coefficient (Wildman–Crippen LogP) is 4.67. The molecule has 0 fully saturated rings. The number of rotatable bonds is 6. The lowest BCUT2D eigenvalue weighted by molar-refractivity contribution is -0.114. The number of nitrogens with zero attached hydrogens (tertiary/aromatic N) is 12. The molecule has 3 heterocycles. The second-order valence-electron chi connectivity index (χ2n) is 9.30. The molecule has 1 aromatic carbocycles. The zero-order valence-electron chi connectivity index (χ0n) is 24.6. The third-order valence-corrected chi connectivity index (χ3v) is 5.88. The van der Waals surface area contributed by atoms with Crippen molar-refractivity contribution in [3.8, 4) is 12.1 Å². The van der Waals surface area contributed by atoms with Crippen LogP contribution in [0.3, 0.4) is 0 Å². The molecule has 0 spiro atoms. The minimum atomic E-state index is -0.198. The van der Waals surface area contributed by atoms with Crippen LogP contribution in [0.25, 0.3) is 0 Å². The van der Waals surface area contributed by atoms with Crippen LogP contribution >= 0.6 is 0 Å². The molecule has 4 aromatic rings. The Morgan fingerprint density at radius 1 is 1.00 bits per heavy atom. The molecule has 42 heavy (non-hydrogen) atoms. The number of carbonyl (C=O) groups excluding carboxylic acids is 1. The topological polar surface area (TPSA) is 220 Å². The van der Waals surface area contributed by atoms with E-state index in [9.17, 15) is 10.1 Å². The van der Waals surface area contributed by atoms with Gasteiger partial charge in [-0.2, -0.15) is 25.8 Å². The van der Waals surface area contributed by atoms with Gasteiger partial charge in [0.15, 0.2) is 11.5 Å². The van der Waals surface area contributed by atoms with Gasteiger partial charge in [-0.15, -0.1) is 20.5 Å². The number of hydrogen-bond acceptors (Lipinski definition) is 12. The van der Waals surface area contributed by atoms with Gasteiger partial charge < -0.3 is 16.0 Å². The normalized spacial score (nSPS) is 10.8. The molecule has 0 aliphatic carbocycles. The number of azo groups is 2.